The number of carbonyl (C=O) groups excluding carboxylic acids is 2. The van der Waals surface area contributed by atoms with Crippen LogP contribution in [0.3, 0.4) is 0 Å². The Balaban J connectivity index is 1.69. The van der Waals surface area contributed by atoms with E-state index in [1.165, 1.54) is 23.0 Å². The molecule has 3 rings (SSSR count). The molecule has 1 aliphatic rings. The molecule has 1 saturated heterocycles. The summed E-state index contributed by atoms with van der Waals surface area (Å²) < 4.78 is 14.5. The summed E-state index contributed by atoms with van der Waals surface area (Å²) in [5.74, 6) is -0.843. The number of amides is 2. The van der Waals surface area contributed by atoms with E-state index < -0.39 is 11.4 Å². The molecule has 0 radical (unpaired) electrons. The van der Waals surface area contributed by atoms with Crippen molar-refractivity contribution < 1.29 is 14.0 Å². The Morgan fingerprint density at radius 3 is 2.68 bits per heavy atom. The number of piperidine rings is 1. The molecule has 2 N–H and O–H groups in total. The summed E-state index contributed by atoms with van der Waals surface area (Å²) in [5.41, 5.74) is 5.15. The van der Waals surface area contributed by atoms with Gasteiger partial charge in [0, 0.05) is 19.5 Å². The van der Waals surface area contributed by atoms with Crippen molar-refractivity contribution in [1.29, 1.82) is 0 Å². The third kappa shape index (κ3) is 3.84. The lowest BCUT2D eigenvalue weighted by Crippen LogP contribution is -2.42. The van der Waals surface area contributed by atoms with Crippen molar-refractivity contribution in [3.05, 3.63) is 40.7 Å². The Bertz CT molecular complexity index is 872. The fourth-order valence-corrected chi connectivity index (χ4v) is 3.16. The standard InChI is InChI=1S/C17H19FN4O3/c18-12-1-2-14-13(8-12)17(25)22(10-20-14)9-16(24)21-5-3-11(4-6-21)7-15(19)23/h1-2,8,10-11H,3-7,9H2,(H2,19,23). The van der Waals surface area contributed by atoms with Crippen molar-refractivity contribution in [2.24, 2.45) is 11.7 Å². The van der Waals surface area contributed by atoms with Gasteiger partial charge in [-0.3, -0.25) is 19.0 Å². The van der Waals surface area contributed by atoms with E-state index in [0.717, 1.165) is 6.07 Å². The highest BCUT2D eigenvalue weighted by Crippen LogP contribution is 2.20. The molecule has 0 atom stereocenters. The average Bonchev–Trinajstić information content (AvgIpc) is 2.58. The molecule has 7 nitrogen and oxygen atoms in total. The fourth-order valence-electron chi connectivity index (χ4n) is 3.16. The maximum Gasteiger partial charge on any atom is 0.261 e. The molecule has 1 aromatic heterocycles. The number of rotatable bonds is 4. The molecule has 0 spiro atoms. The highest BCUT2D eigenvalue weighted by Gasteiger charge is 2.24. The van der Waals surface area contributed by atoms with Crippen molar-refractivity contribution >= 4 is 22.7 Å². The SMILES string of the molecule is NC(=O)CC1CCN(C(=O)Cn2cnc3ccc(F)cc3c2=O)CC1. The quantitative estimate of drug-likeness (QED) is 0.879. The van der Waals surface area contributed by atoms with E-state index in [1.54, 1.807) is 4.90 Å². The van der Waals surface area contributed by atoms with Crippen LogP contribution in [-0.2, 0) is 16.1 Å². The van der Waals surface area contributed by atoms with E-state index in [-0.39, 0.29) is 29.7 Å². The van der Waals surface area contributed by atoms with Gasteiger partial charge in [-0.05, 0) is 37.0 Å². The topological polar surface area (TPSA) is 98.3 Å². The van der Waals surface area contributed by atoms with Gasteiger partial charge in [0.25, 0.3) is 5.56 Å². The second-order valence-corrected chi connectivity index (χ2v) is 6.33. The lowest BCUT2D eigenvalue weighted by molar-refractivity contribution is -0.133. The van der Waals surface area contributed by atoms with E-state index in [4.69, 9.17) is 5.73 Å². The largest absolute Gasteiger partial charge is 0.370 e. The second kappa shape index (κ2) is 7.00. The first-order valence-electron chi connectivity index (χ1n) is 8.15. The number of hydrogen-bond acceptors (Lipinski definition) is 4. The van der Waals surface area contributed by atoms with Crippen LogP contribution in [0.2, 0.25) is 0 Å². The Kier molecular flexibility index (Phi) is 4.78. The zero-order chi connectivity index (χ0) is 18.0. The van der Waals surface area contributed by atoms with Gasteiger partial charge in [0.1, 0.15) is 12.4 Å². The number of hydrogen-bond donors (Lipinski definition) is 1. The number of likely N-dealkylation sites (tertiary alicyclic amines) is 1. The predicted molar refractivity (Wildman–Crippen MR) is 89.1 cm³/mol. The molecule has 2 heterocycles. The minimum absolute atomic E-state index is 0.140. The van der Waals surface area contributed by atoms with Gasteiger partial charge in [-0.25, -0.2) is 9.37 Å². The molecule has 0 unspecified atom stereocenters. The minimum atomic E-state index is -0.521. The zero-order valence-electron chi connectivity index (χ0n) is 13.7. The lowest BCUT2D eigenvalue weighted by atomic mass is 9.93. The van der Waals surface area contributed by atoms with Crippen LogP contribution >= 0.6 is 0 Å². The van der Waals surface area contributed by atoms with E-state index in [0.29, 0.717) is 37.9 Å². The highest BCUT2D eigenvalue weighted by molar-refractivity contribution is 5.79. The molecule has 0 bridgehead atoms. The van der Waals surface area contributed by atoms with Crippen LogP contribution in [0.15, 0.2) is 29.3 Å². The first kappa shape index (κ1) is 17.1. The normalized spacial score (nSPS) is 15.5. The third-order valence-electron chi connectivity index (χ3n) is 4.55. The van der Waals surface area contributed by atoms with Crippen LogP contribution in [0.1, 0.15) is 19.3 Å². The molecule has 25 heavy (non-hydrogen) atoms. The molecule has 2 aromatic rings. The highest BCUT2D eigenvalue weighted by atomic mass is 19.1. The fraction of sp³-hybridized carbons (Fsp3) is 0.412. The van der Waals surface area contributed by atoms with Gasteiger partial charge < -0.3 is 10.6 Å². The number of nitrogens with two attached hydrogens (primary N) is 1. The lowest BCUT2D eigenvalue weighted by Gasteiger charge is -2.31. The summed E-state index contributed by atoms with van der Waals surface area (Å²) in [6, 6.07) is 3.79. The maximum atomic E-state index is 13.3. The average molecular weight is 346 g/mol. The molecule has 2 amide bonds. The Morgan fingerprint density at radius 2 is 2.00 bits per heavy atom. The van der Waals surface area contributed by atoms with Crippen molar-refractivity contribution in [1.82, 2.24) is 14.5 Å². The van der Waals surface area contributed by atoms with E-state index >= 15 is 0 Å². The van der Waals surface area contributed by atoms with Gasteiger partial charge in [-0.1, -0.05) is 0 Å². The minimum Gasteiger partial charge on any atom is -0.370 e. The maximum absolute atomic E-state index is 13.3. The summed E-state index contributed by atoms with van der Waals surface area (Å²) in [7, 11) is 0. The Labute approximate surface area is 143 Å². The number of nitrogens with zero attached hydrogens (tertiary/aromatic N) is 3. The van der Waals surface area contributed by atoms with Crippen LogP contribution in [0.5, 0.6) is 0 Å². The molecule has 1 fully saturated rings. The molecular weight excluding hydrogens is 327 g/mol. The first-order chi connectivity index (χ1) is 11.9. The Morgan fingerprint density at radius 1 is 1.28 bits per heavy atom. The second-order valence-electron chi connectivity index (χ2n) is 6.33. The van der Waals surface area contributed by atoms with E-state index in [1.807, 2.05) is 0 Å². The number of fused-ring (bicyclic) bond motifs is 1. The number of primary amides is 1. The van der Waals surface area contributed by atoms with Crippen molar-refractivity contribution in [2.75, 3.05) is 13.1 Å². The zero-order valence-corrected chi connectivity index (χ0v) is 13.7. The van der Waals surface area contributed by atoms with Gasteiger partial charge in [0.15, 0.2) is 0 Å². The van der Waals surface area contributed by atoms with Gasteiger partial charge in [-0.15, -0.1) is 0 Å². The number of benzene rings is 1. The molecule has 1 aromatic carbocycles. The first-order valence-corrected chi connectivity index (χ1v) is 8.15. The van der Waals surface area contributed by atoms with Crippen LogP contribution in [0.4, 0.5) is 4.39 Å². The number of carbonyl (C=O) groups is 2. The van der Waals surface area contributed by atoms with E-state index in [9.17, 15) is 18.8 Å². The molecule has 0 aliphatic carbocycles. The van der Waals surface area contributed by atoms with Crippen molar-refractivity contribution in [3.8, 4) is 0 Å². The Hall–Kier alpha value is -2.77. The summed E-state index contributed by atoms with van der Waals surface area (Å²) in [5, 5.41) is 0.149. The molecule has 8 heteroatoms. The van der Waals surface area contributed by atoms with Crippen molar-refractivity contribution in [3.63, 3.8) is 0 Å². The van der Waals surface area contributed by atoms with E-state index in [2.05, 4.69) is 4.98 Å². The third-order valence-corrected chi connectivity index (χ3v) is 4.55. The molecule has 0 saturated carbocycles. The number of halogens is 1. The van der Waals surface area contributed by atoms with Crippen LogP contribution in [0.25, 0.3) is 10.9 Å². The van der Waals surface area contributed by atoms with Gasteiger partial charge in [0.05, 0.1) is 17.2 Å². The summed E-state index contributed by atoms with van der Waals surface area (Å²) in [6.07, 6.45) is 3.07. The van der Waals surface area contributed by atoms with Crippen LogP contribution in [-0.4, -0.2) is 39.4 Å². The molecule has 132 valence electrons. The predicted octanol–water partition coefficient (Wildman–Crippen LogP) is 0.650. The molecular formula is C17H19FN4O3. The monoisotopic (exact) mass is 346 g/mol. The van der Waals surface area contributed by atoms with Crippen LogP contribution < -0.4 is 11.3 Å². The van der Waals surface area contributed by atoms with Crippen LogP contribution in [0, 0.1) is 11.7 Å². The summed E-state index contributed by atoms with van der Waals surface area (Å²) in [6.45, 7) is 0.918. The summed E-state index contributed by atoms with van der Waals surface area (Å²) in [4.78, 5) is 41.6. The van der Waals surface area contributed by atoms with Gasteiger partial charge in [-0.2, -0.15) is 0 Å². The molecule has 1 aliphatic heterocycles. The van der Waals surface area contributed by atoms with Gasteiger partial charge >= 0.3 is 0 Å². The van der Waals surface area contributed by atoms with Gasteiger partial charge in [0.2, 0.25) is 11.8 Å². The van der Waals surface area contributed by atoms with Crippen molar-refractivity contribution in [2.45, 2.75) is 25.8 Å². The number of aromatic nitrogens is 2. The summed E-state index contributed by atoms with van der Waals surface area (Å²) >= 11 is 0. The smallest absolute Gasteiger partial charge is 0.261 e.